The van der Waals surface area contributed by atoms with E-state index in [0.717, 1.165) is 26.3 Å². The summed E-state index contributed by atoms with van der Waals surface area (Å²) in [7, 11) is -4.20. The largest absolute Gasteiger partial charge is 0.354 e. The van der Waals surface area contributed by atoms with E-state index in [1.165, 1.54) is 17.0 Å². The zero-order valence-corrected chi connectivity index (χ0v) is 27.8. The summed E-state index contributed by atoms with van der Waals surface area (Å²) in [6.07, 6.45) is 0.974. The van der Waals surface area contributed by atoms with Crippen molar-refractivity contribution in [3.05, 3.63) is 129 Å². The molecule has 4 aromatic carbocycles. The molecule has 1 N–H and O–H groups in total. The van der Waals surface area contributed by atoms with Crippen molar-refractivity contribution in [2.45, 2.75) is 44.2 Å². The van der Waals surface area contributed by atoms with Crippen molar-refractivity contribution >= 4 is 55.1 Å². The number of benzene rings is 4. The Bertz CT molecular complexity index is 1670. The normalized spacial score (nSPS) is 11.9. The number of carbonyl (C=O) groups is 2. The van der Waals surface area contributed by atoms with Gasteiger partial charge in [-0.05, 0) is 66.4 Å². The third-order valence-corrected chi connectivity index (χ3v) is 9.67. The first-order valence-electron chi connectivity index (χ1n) is 14.3. The van der Waals surface area contributed by atoms with Gasteiger partial charge in [0.05, 0.1) is 10.6 Å². The predicted octanol–water partition coefficient (Wildman–Crippen LogP) is 6.77. The van der Waals surface area contributed by atoms with Crippen LogP contribution < -0.4 is 9.62 Å². The second-order valence-electron chi connectivity index (χ2n) is 10.4. The van der Waals surface area contributed by atoms with Crippen LogP contribution in [0.3, 0.4) is 0 Å². The topological polar surface area (TPSA) is 86.8 Å². The molecule has 0 aliphatic carbocycles. The molecule has 0 aliphatic rings. The molecule has 0 radical (unpaired) electrons. The average molecular weight is 697 g/mol. The number of hydrogen-bond donors (Lipinski definition) is 1. The van der Waals surface area contributed by atoms with Gasteiger partial charge < -0.3 is 10.2 Å². The Morgan fingerprint density at radius 1 is 0.886 bits per heavy atom. The Morgan fingerprint density at radius 3 is 2.16 bits per heavy atom. The number of carbonyl (C=O) groups excluding carboxylic acids is 2. The molecule has 0 aliphatic heterocycles. The van der Waals surface area contributed by atoms with E-state index < -0.39 is 28.5 Å². The van der Waals surface area contributed by atoms with Gasteiger partial charge in [-0.15, -0.1) is 0 Å². The molecule has 4 rings (SSSR count). The molecule has 0 heterocycles. The van der Waals surface area contributed by atoms with Crippen molar-refractivity contribution in [1.29, 1.82) is 0 Å². The number of anilines is 1. The van der Waals surface area contributed by atoms with Crippen LogP contribution in [0.1, 0.15) is 30.0 Å². The molecule has 0 bridgehead atoms. The first-order valence-corrected chi connectivity index (χ1v) is 16.9. The first kappa shape index (κ1) is 33.2. The summed E-state index contributed by atoms with van der Waals surface area (Å²) in [4.78, 5) is 29.7. The number of rotatable bonds is 13. The van der Waals surface area contributed by atoms with Crippen LogP contribution in [0.15, 0.2) is 112 Å². The zero-order valence-electron chi connectivity index (χ0n) is 24.6. The van der Waals surface area contributed by atoms with E-state index in [4.69, 9.17) is 11.6 Å². The van der Waals surface area contributed by atoms with Crippen LogP contribution in [0.25, 0.3) is 0 Å². The van der Waals surface area contributed by atoms with Crippen molar-refractivity contribution in [1.82, 2.24) is 10.2 Å². The van der Waals surface area contributed by atoms with Gasteiger partial charge in [-0.25, -0.2) is 8.42 Å². The van der Waals surface area contributed by atoms with E-state index in [9.17, 15) is 18.0 Å². The first-order chi connectivity index (χ1) is 21.1. The molecule has 0 aromatic heterocycles. The fourth-order valence-electron chi connectivity index (χ4n) is 4.79. The fraction of sp³-hybridized carbons (Fsp3) is 0.235. The van der Waals surface area contributed by atoms with Crippen LogP contribution in [0, 0.1) is 6.92 Å². The van der Waals surface area contributed by atoms with Crippen molar-refractivity contribution in [2.24, 2.45) is 0 Å². The number of halogens is 2. The van der Waals surface area contributed by atoms with Gasteiger partial charge in [0.1, 0.15) is 12.6 Å². The number of sulfonamides is 1. The molecule has 44 heavy (non-hydrogen) atoms. The average Bonchev–Trinajstić information content (AvgIpc) is 3.03. The van der Waals surface area contributed by atoms with E-state index in [0.29, 0.717) is 17.1 Å². The Labute approximate surface area is 273 Å². The molecule has 0 saturated heterocycles. The SMILES string of the molecule is CCCNC(=O)[C@H](Cc1ccccc1)N(Cc1ccc(Br)cc1)C(=O)CN(c1cc(Cl)ccc1C)S(=O)(=O)c1ccccc1. The number of hydrogen-bond acceptors (Lipinski definition) is 4. The molecule has 230 valence electrons. The highest BCUT2D eigenvalue weighted by molar-refractivity contribution is 9.10. The lowest BCUT2D eigenvalue weighted by Gasteiger charge is -2.34. The zero-order chi connectivity index (χ0) is 31.7. The van der Waals surface area contributed by atoms with Gasteiger partial charge in [-0.1, -0.05) is 101 Å². The lowest BCUT2D eigenvalue weighted by atomic mass is 10.0. The minimum absolute atomic E-state index is 0.0353. The molecular weight excluding hydrogens is 662 g/mol. The van der Waals surface area contributed by atoms with Gasteiger partial charge >= 0.3 is 0 Å². The third-order valence-electron chi connectivity index (χ3n) is 7.14. The second kappa shape index (κ2) is 15.4. The Balaban J connectivity index is 1.81. The van der Waals surface area contributed by atoms with Gasteiger partial charge in [0.25, 0.3) is 10.0 Å². The molecule has 10 heteroatoms. The standard InChI is InChI=1S/C34H35BrClN3O4S/c1-3-20-37-34(41)32(21-26-10-6-4-7-11-26)38(23-27-15-17-28(35)18-16-27)33(40)24-39(31-22-29(36)19-14-25(31)2)44(42,43)30-12-8-5-9-13-30/h4-19,22,32H,3,20-21,23-24H2,1-2H3,(H,37,41)/t32-/m0/s1. The summed E-state index contributed by atoms with van der Waals surface area (Å²) >= 11 is 9.79. The third kappa shape index (κ3) is 8.49. The number of amides is 2. The van der Waals surface area contributed by atoms with Crippen molar-refractivity contribution in [3.63, 3.8) is 0 Å². The van der Waals surface area contributed by atoms with Crippen LogP contribution >= 0.6 is 27.5 Å². The summed E-state index contributed by atoms with van der Waals surface area (Å²) in [5, 5.41) is 3.28. The molecular formula is C34H35BrClN3O4S. The highest BCUT2D eigenvalue weighted by atomic mass is 79.9. The molecule has 0 spiro atoms. The fourth-order valence-corrected chi connectivity index (χ4v) is 6.71. The maximum atomic E-state index is 14.5. The van der Waals surface area contributed by atoms with E-state index in [1.54, 1.807) is 43.3 Å². The minimum Gasteiger partial charge on any atom is -0.354 e. The molecule has 4 aromatic rings. The highest BCUT2D eigenvalue weighted by Gasteiger charge is 2.35. The quantitative estimate of drug-likeness (QED) is 0.167. The van der Waals surface area contributed by atoms with Crippen molar-refractivity contribution in [2.75, 3.05) is 17.4 Å². The highest BCUT2D eigenvalue weighted by Crippen LogP contribution is 2.30. The summed E-state index contributed by atoms with van der Waals surface area (Å²) in [5.74, 6) is -0.836. The second-order valence-corrected chi connectivity index (χ2v) is 13.6. The Morgan fingerprint density at radius 2 is 1.52 bits per heavy atom. The number of nitrogens with zero attached hydrogens (tertiary/aromatic N) is 2. The van der Waals surface area contributed by atoms with Crippen molar-refractivity contribution in [3.8, 4) is 0 Å². The molecule has 7 nitrogen and oxygen atoms in total. The van der Waals surface area contributed by atoms with E-state index in [1.807, 2.05) is 61.5 Å². The monoisotopic (exact) mass is 695 g/mol. The summed E-state index contributed by atoms with van der Waals surface area (Å²) < 4.78 is 30.2. The molecule has 2 amide bonds. The van der Waals surface area contributed by atoms with Crippen LogP contribution in [-0.2, 0) is 32.6 Å². The van der Waals surface area contributed by atoms with Gasteiger partial charge in [0, 0.05) is 29.0 Å². The van der Waals surface area contributed by atoms with Crippen LogP contribution in [0.4, 0.5) is 5.69 Å². The molecule has 0 fully saturated rings. The summed E-state index contributed by atoms with van der Waals surface area (Å²) in [5.41, 5.74) is 2.58. The predicted molar refractivity (Wildman–Crippen MR) is 179 cm³/mol. The Kier molecular flexibility index (Phi) is 11.6. The number of aryl methyl sites for hydroxylation is 1. The van der Waals surface area contributed by atoms with E-state index in [-0.39, 0.29) is 29.5 Å². The summed E-state index contributed by atoms with van der Waals surface area (Å²) in [6, 6.07) is 28.9. The lowest BCUT2D eigenvalue weighted by molar-refractivity contribution is -0.140. The van der Waals surface area contributed by atoms with Crippen LogP contribution in [0.5, 0.6) is 0 Å². The maximum Gasteiger partial charge on any atom is 0.264 e. The summed E-state index contributed by atoms with van der Waals surface area (Å²) in [6.45, 7) is 3.72. The van der Waals surface area contributed by atoms with E-state index in [2.05, 4.69) is 21.2 Å². The molecule has 0 saturated carbocycles. The van der Waals surface area contributed by atoms with Gasteiger partial charge in [0.2, 0.25) is 11.8 Å². The van der Waals surface area contributed by atoms with Gasteiger partial charge in [-0.3, -0.25) is 13.9 Å². The maximum absolute atomic E-state index is 14.5. The van der Waals surface area contributed by atoms with E-state index >= 15 is 0 Å². The van der Waals surface area contributed by atoms with Crippen LogP contribution in [0.2, 0.25) is 5.02 Å². The Hall–Kier alpha value is -3.66. The van der Waals surface area contributed by atoms with Crippen molar-refractivity contribution < 1.29 is 18.0 Å². The minimum atomic E-state index is -4.20. The molecule has 0 unspecified atom stereocenters. The van der Waals surface area contributed by atoms with Gasteiger partial charge in [-0.2, -0.15) is 0 Å². The lowest BCUT2D eigenvalue weighted by Crippen LogP contribution is -2.53. The smallest absolute Gasteiger partial charge is 0.264 e. The van der Waals surface area contributed by atoms with Gasteiger partial charge in [0.15, 0.2) is 0 Å². The van der Waals surface area contributed by atoms with Crippen LogP contribution in [-0.4, -0.2) is 44.3 Å². The number of nitrogens with one attached hydrogen (secondary N) is 1. The molecule has 1 atom stereocenters.